The minimum absolute atomic E-state index is 0.158. The molecule has 1 unspecified atom stereocenters. The van der Waals surface area contributed by atoms with Gasteiger partial charge in [-0.05, 0) is 6.42 Å². The molecule has 0 spiro atoms. The van der Waals surface area contributed by atoms with Crippen LogP contribution in [0.1, 0.15) is 25.8 Å². The molecule has 13 heavy (non-hydrogen) atoms. The summed E-state index contributed by atoms with van der Waals surface area (Å²) in [4.78, 5) is 0. The number of rotatable bonds is 3. The zero-order valence-corrected chi connectivity index (χ0v) is 8.07. The van der Waals surface area contributed by atoms with Crippen molar-refractivity contribution < 1.29 is 10.2 Å². The summed E-state index contributed by atoms with van der Waals surface area (Å²) in [5, 5.41) is 19.6. The van der Waals surface area contributed by atoms with Crippen molar-refractivity contribution in [3.8, 4) is 0 Å². The molecule has 2 heteroatoms. The normalized spacial score (nSPS) is 14.2. The van der Waals surface area contributed by atoms with Crippen LogP contribution in [0.25, 0.3) is 0 Å². The smallest absolute Gasteiger partial charge is 0.192 e. The summed E-state index contributed by atoms with van der Waals surface area (Å²) in [6, 6.07) is 8.92. The van der Waals surface area contributed by atoms with Crippen molar-refractivity contribution in [3.05, 3.63) is 35.9 Å². The lowest BCUT2D eigenvalue weighted by molar-refractivity contribution is -0.206. The fourth-order valence-corrected chi connectivity index (χ4v) is 1.25. The summed E-state index contributed by atoms with van der Waals surface area (Å²) in [5.74, 6) is -1.86. The Balaban J connectivity index is 2.93. The summed E-state index contributed by atoms with van der Waals surface area (Å²) in [6.07, 6.45) is 0.738. The molecule has 0 heterocycles. The van der Waals surface area contributed by atoms with Gasteiger partial charge in [0.25, 0.3) is 0 Å². The molecule has 72 valence electrons. The van der Waals surface area contributed by atoms with Crippen LogP contribution in [0, 0.1) is 5.92 Å². The molecular formula is C11H16O2. The third-order valence-corrected chi connectivity index (χ3v) is 2.50. The van der Waals surface area contributed by atoms with Gasteiger partial charge in [0.05, 0.1) is 0 Å². The Morgan fingerprint density at radius 1 is 1.23 bits per heavy atom. The first-order chi connectivity index (χ1) is 6.09. The second kappa shape index (κ2) is 3.90. The molecule has 1 atom stereocenters. The highest BCUT2D eigenvalue weighted by molar-refractivity contribution is 5.20. The Kier molecular flexibility index (Phi) is 3.07. The van der Waals surface area contributed by atoms with Crippen LogP contribution >= 0.6 is 0 Å². The first-order valence-electron chi connectivity index (χ1n) is 4.59. The van der Waals surface area contributed by atoms with Crippen LogP contribution in [0.15, 0.2) is 30.3 Å². The molecule has 0 aromatic heterocycles. The van der Waals surface area contributed by atoms with Gasteiger partial charge in [-0.3, -0.25) is 0 Å². The average Bonchev–Trinajstić information content (AvgIpc) is 2.18. The van der Waals surface area contributed by atoms with Crippen molar-refractivity contribution in [1.29, 1.82) is 0 Å². The van der Waals surface area contributed by atoms with Crippen molar-refractivity contribution in [2.24, 2.45) is 5.92 Å². The third-order valence-electron chi connectivity index (χ3n) is 2.50. The number of hydrogen-bond acceptors (Lipinski definition) is 2. The van der Waals surface area contributed by atoms with Gasteiger partial charge in [0.15, 0.2) is 5.79 Å². The molecular weight excluding hydrogens is 164 g/mol. The van der Waals surface area contributed by atoms with Gasteiger partial charge < -0.3 is 10.2 Å². The molecule has 0 saturated carbocycles. The molecule has 0 aliphatic heterocycles. The van der Waals surface area contributed by atoms with Crippen LogP contribution < -0.4 is 0 Å². The highest BCUT2D eigenvalue weighted by Gasteiger charge is 2.31. The second-order valence-electron chi connectivity index (χ2n) is 3.40. The topological polar surface area (TPSA) is 40.5 Å². The lowest BCUT2D eigenvalue weighted by Gasteiger charge is -2.28. The largest absolute Gasteiger partial charge is 0.362 e. The quantitative estimate of drug-likeness (QED) is 0.697. The van der Waals surface area contributed by atoms with Crippen molar-refractivity contribution in [3.63, 3.8) is 0 Å². The Morgan fingerprint density at radius 3 is 2.23 bits per heavy atom. The van der Waals surface area contributed by atoms with Crippen LogP contribution in [-0.4, -0.2) is 10.2 Å². The van der Waals surface area contributed by atoms with Crippen LogP contribution in [0.4, 0.5) is 0 Å². The monoisotopic (exact) mass is 180 g/mol. The Bertz CT molecular complexity index is 254. The van der Waals surface area contributed by atoms with Crippen LogP contribution in [0.5, 0.6) is 0 Å². The van der Waals surface area contributed by atoms with Gasteiger partial charge in [-0.15, -0.1) is 0 Å². The first-order valence-corrected chi connectivity index (χ1v) is 4.59. The van der Waals surface area contributed by atoms with E-state index in [0.717, 1.165) is 6.42 Å². The molecule has 2 N–H and O–H groups in total. The molecule has 0 amide bonds. The van der Waals surface area contributed by atoms with Crippen molar-refractivity contribution in [2.45, 2.75) is 26.1 Å². The van der Waals surface area contributed by atoms with E-state index in [-0.39, 0.29) is 5.92 Å². The maximum Gasteiger partial charge on any atom is 0.192 e. The van der Waals surface area contributed by atoms with E-state index in [1.165, 1.54) is 0 Å². The summed E-state index contributed by atoms with van der Waals surface area (Å²) in [7, 11) is 0. The van der Waals surface area contributed by atoms with Gasteiger partial charge in [0, 0.05) is 11.5 Å². The molecule has 1 aromatic rings. The third kappa shape index (κ3) is 2.08. The van der Waals surface area contributed by atoms with Crippen molar-refractivity contribution >= 4 is 0 Å². The van der Waals surface area contributed by atoms with Crippen LogP contribution in [-0.2, 0) is 5.79 Å². The Labute approximate surface area is 78.8 Å². The van der Waals surface area contributed by atoms with E-state index >= 15 is 0 Å². The highest BCUT2D eigenvalue weighted by Crippen LogP contribution is 2.28. The van der Waals surface area contributed by atoms with E-state index in [4.69, 9.17) is 0 Å². The summed E-state index contributed by atoms with van der Waals surface area (Å²) >= 11 is 0. The molecule has 1 aromatic carbocycles. The van der Waals surface area contributed by atoms with E-state index in [9.17, 15) is 10.2 Å². The Hall–Kier alpha value is -0.860. The van der Waals surface area contributed by atoms with E-state index in [1.807, 2.05) is 19.9 Å². The number of benzene rings is 1. The van der Waals surface area contributed by atoms with Crippen molar-refractivity contribution in [2.75, 3.05) is 0 Å². The van der Waals surface area contributed by atoms with Gasteiger partial charge >= 0.3 is 0 Å². The lowest BCUT2D eigenvalue weighted by atomic mass is 9.91. The molecule has 0 saturated heterocycles. The van der Waals surface area contributed by atoms with Gasteiger partial charge in [0.2, 0.25) is 0 Å². The van der Waals surface area contributed by atoms with E-state index in [1.54, 1.807) is 24.3 Å². The van der Waals surface area contributed by atoms with Gasteiger partial charge in [-0.1, -0.05) is 44.2 Å². The van der Waals surface area contributed by atoms with Crippen molar-refractivity contribution in [1.82, 2.24) is 0 Å². The first kappa shape index (κ1) is 10.2. The van der Waals surface area contributed by atoms with Crippen LogP contribution in [0.3, 0.4) is 0 Å². The molecule has 1 rings (SSSR count). The molecule has 0 aliphatic carbocycles. The summed E-state index contributed by atoms with van der Waals surface area (Å²) < 4.78 is 0. The lowest BCUT2D eigenvalue weighted by Crippen LogP contribution is -2.32. The molecule has 0 fully saturated rings. The molecule has 0 aliphatic rings. The average molecular weight is 180 g/mol. The minimum atomic E-state index is -1.70. The standard InChI is InChI=1S/C11H16O2/c1-3-9(2)11(12,13)10-7-5-4-6-8-10/h4-9,12-13H,3H2,1-2H3. The zero-order chi connectivity index (χ0) is 9.90. The SMILES string of the molecule is CCC(C)C(O)(O)c1ccccc1. The van der Waals surface area contributed by atoms with E-state index in [2.05, 4.69) is 0 Å². The van der Waals surface area contributed by atoms with Gasteiger partial charge in [-0.2, -0.15) is 0 Å². The fourth-order valence-electron chi connectivity index (χ4n) is 1.25. The Morgan fingerprint density at radius 2 is 1.77 bits per heavy atom. The molecule has 0 bridgehead atoms. The maximum absolute atomic E-state index is 9.81. The minimum Gasteiger partial charge on any atom is -0.362 e. The highest BCUT2D eigenvalue weighted by atomic mass is 16.5. The summed E-state index contributed by atoms with van der Waals surface area (Å²) in [6.45, 7) is 3.77. The predicted octanol–water partition coefficient (Wildman–Crippen LogP) is 1.87. The van der Waals surface area contributed by atoms with Gasteiger partial charge in [-0.25, -0.2) is 0 Å². The molecule has 2 nitrogen and oxygen atoms in total. The summed E-state index contributed by atoms with van der Waals surface area (Å²) in [5.41, 5.74) is 0.560. The van der Waals surface area contributed by atoms with Gasteiger partial charge in [0.1, 0.15) is 0 Å². The van der Waals surface area contributed by atoms with E-state index < -0.39 is 5.79 Å². The predicted molar refractivity (Wildman–Crippen MR) is 52.0 cm³/mol. The fraction of sp³-hybridized carbons (Fsp3) is 0.455. The number of hydrogen-bond donors (Lipinski definition) is 2. The van der Waals surface area contributed by atoms with E-state index in [0.29, 0.717) is 5.56 Å². The zero-order valence-electron chi connectivity index (χ0n) is 8.07. The number of aliphatic hydroxyl groups is 2. The molecule has 0 radical (unpaired) electrons. The maximum atomic E-state index is 9.81. The van der Waals surface area contributed by atoms with Crippen LogP contribution in [0.2, 0.25) is 0 Å². The second-order valence-corrected chi connectivity index (χ2v) is 3.40.